The fourth-order valence-electron chi connectivity index (χ4n) is 0.734. The largest absolute Gasteiger partial charge is 0.464 e. The molecule has 0 bridgehead atoms. The Morgan fingerprint density at radius 3 is 2.54 bits per heavy atom. The van der Waals surface area contributed by atoms with Crippen molar-refractivity contribution in [1.82, 2.24) is 0 Å². The average molecular weight is 186 g/mol. The summed E-state index contributed by atoms with van der Waals surface area (Å²) in [5, 5.41) is 0. The lowest BCUT2D eigenvalue weighted by Gasteiger charge is -2.11. The smallest absolute Gasteiger partial charge is 0.343 e. The Morgan fingerprint density at radius 2 is 2.15 bits per heavy atom. The molecule has 0 spiro atoms. The van der Waals surface area contributed by atoms with Gasteiger partial charge in [-0.15, -0.1) is 6.58 Å². The first-order valence-electron chi connectivity index (χ1n) is 4.03. The third-order valence-electron chi connectivity index (χ3n) is 1.25. The maximum Gasteiger partial charge on any atom is 0.343 e. The van der Waals surface area contributed by atoms with E-state index in [2.05, 4.69) is 11.3 Å². The number of ether oxygens (including phenoxy) is 2. The van der Waals surface area contributed by atoms with Crippen LogP contribution in [0.3, 0.4) is 0 Å². The number of hydrogen-bond acceptors (Lipinski definition) is 4. The summed E-state index contributed by atoms with van der Waals surface area (Å²) in [7, 11) is 0. The van der Waals surface area contributed by atoms with Gasteiger partial charge in [-0.3, -0.25) is 4.79 Å². The van der Waals surface area contributed by atoms with E-state index < -0.39 is 12.1 Å². The standard InChI is InChI=1S/C9H14O4/c1-4-6-13-8(7(3)10)9(11)12-5-2/h4,8H,1,5-6H2,2-3H3. The second kappa shape index (κ2) is 6.37. The molecule has 1 unspecified atom stereocenters. The summed E-state index contributed by atoms with van der Waals surface area (Å²) in [6.07, 6.45) is 0.354. The van der Waals surface area contributed by atoms with E-state index in [9.17, 15) is 9.59 Å². The third kappa shape index (κ3) is 4.42. The molecule has 0 aromatic carbocycles. The second-order valence-corrected chi connectivity index (χ2v) is 2.36. The third-order valence-corrected chi connectivity index (χ3v) is 1.25. The van der Waals surface area contributed by atoms with Gasteiger partial charge < -0.3 is 9.47 Å². The molecule has 0 aliphatic rings. The van der Waals surface area contributed by atoms with Crippen molar-refractivity contribution in [2.24, 2.45) is 0 Å². The SMILES string of the molecule is C=CCOC(C(C)=O)C(=O)OCC. The van der Waals surface area contributed by atoms with Crippen molar-refractivity contribution in [1.29, 1.82) is 0 Å². The van der Waals surface area contributed by atoms with Crippen LogP contribution in [0.1, 0.15) is 13.8 Å². The fourth-order valence-corrected chi connectivity index (χ4v) is 0.734. The lowest BCUT2D eigenvalue weighted by Crippen LogP contribution is -2.33. The molecule has 0 radical (unpaired) electrons. The molecule has 74 valence electrons. The Bertz CT molecular complexity index is 198. The van der Waals surface area contributed by atoms with Gasteiger partial charge in [-0.25, -0.2) is 4.79 Å². The predicted molar refractivity (Wildman–Crippen MR) is 47.3 cm³/mol. The normalized spacial score (nSPS) is 11.8. The van der Waals surface area contributed by atoms with Gasteiger partial charge in [0.05, 0.1) is 13.2 Å². The first-order chi connectivity index (χ1) is 6.13. The number of esters is 1. The predicted octanol–water partition coefficient (Wildman–Crippen LogP) is 0.710. The summed E-state index contributed by atoms with van der Waals surface area (Å²) in [5.41, 5.74) is 0. The summed E-state index contributed by atoms with van der Waals surface area (Å²) in [5.74, 6) is -1.00. The molecular formula is C9H14O4. The van der Waals surface area contributed by atoms with Gasteiger partial charge in [0, 0.05) is 0 Å². The van der Waals surface area contributed by atoms with E-state index in [1.807, 2.05) is 0 Å². The van der Waals surface area contributed by atoms with Crippen LogP contribution in [0.25, 0.3) is 0 Å². The molecule has 0 saturated heterocycles. The number of carbonyl (C=O) groups excluding carboxylic acids is 2. The van der Waals surface area contributed by atoms with E-state index in [-0.39, 0.29) is 19.0 Å². The van der Waals surface area contributed by atoms with Gasteiger partial charge in [0.1, 0.15) is 0 Å². The van der Waals surface area contributed by atoms with Crippen molar-refractivity contribution in [3.05, 3.63) is 12.7 Å². The lowest BCUT2D eigenvalue weighted by molar-refractivity contribution is -0.159. The molecule has 0 aliphatic carbocycles. The molecule has 0 aliphatic heterocycles. The Morgan fingerprint density at radius 1 is 1.54 bits per heavy atom. The summed E-state index contributed by atoms with van der Waals surface area (Å²) < 4.78 is 9.57. The van der Waals surface area contributed by atoms with Crippen LogP contribution in [0.4, 0.5) is 0 Å². The van der Waals surface area contributed by atoms with E-state index in [1.165, 1.54) is 13.0 Å². The van der Waals surface area contributed by atoms with Gasteiger partial charge in [-0.1, -0.05) is 6.08 Å². The summed E-state index contributed by atoms with van der Waals surface area (Å²) >= 11 is 0. The Kier molecular flexibility index (Phi) is 5.80. The van der Waals surface area contributed by atoms with E-state index in [0.29, 0.717) is 0 Å². The first-order valence-corrected chi connectivity index (χ1v) is 4.03. The van der Waals surface area contributed by atoms with E-state index in [4.69, 9.17) is 4.74 Å². The van der Waals surface area contributed by atoms with Crippen molar-refractivity contribution in [3.8, 4) is 0 Å². The molecule has 0 N–H and O–H groups in total. The number of hydrogen-bond donors (Lipinski definition) is 0. The molecule has 0 heterocycles. The number of ketones is 1. The highest BCUT2D eigenvalue weighted by molar-refractivity contribution is 6.00. The van der Waals surface area contributed by atoms with Gasteiger partial charge in [0.15, 0.2) is 5.78 Å². The molecular weight excluding hydrogens is 172 g/mol. The van der Waals surface area contributed by atoms with Crippen LogP contribution in [-0.4, -0.2) is 31.1 Å². The quantitative estimate of drug-likeness (QED) is 0.348. The first kappa shape index (κ1) is 11.8. The maximum absolute atomic E-state index is 11.1. The zero-order chi connectivity index (χ0) is 10.3. The van der Waals surface area contributed by atoms with Crippen molar-refractivity contribution in [2.45, 2.75) is 20.0 Å². The molecule has 4 nitrogen and oxygen atoms in total. The van der Waals surface area contributed by atoms with Crippen molar-refractivity contribution in [2.75, 3.05) is 13.2 Å². The topological polar surface area (TPSA) is 52.6 Å². The highest BCUT2D eigenvalue weighted by Crippen LogP contribution is 1.98. The number of Topliss-reactive ketones (excluding diaryl/α,β-unsaturated/α-hetero) is 1. The monoisotopic (exact) mass is 186 g/mol. The fraction of sp³-hybridized carbons (Fsp3) is 0.556. The van der Waals surface area contributed by atoms with Gasteiger partial charge in [0.25, 0.3) is 0 Å². The van der Waals surface area contributed by atoms with Crippen LogP contribution in [0, 0.1) is 0 Å². The van der Waals surface area contributed by atoms with Gasteiger partial charge in [0.2, 0.25) is 6.10 Å². The van der Waals surface area contributed by atoms with E-state index in [0.717, 1.165) is 0 Å². The van der Waals surface area contributed by atoms with Crippen LogP contribution < -0.4 is 0 Å². The Hall–Kier alpha value is -1.16. The molecule has 0 fully saturated rings. The second-order valence-electron chi connectivity index (χ2n) is 2.36. The van der Waals surface area contributed by atoms with E-state index in [1.54, 1.807) is 6.92 Å². The van der Waals surface area contributed by atoms with Crippen molar-refractivity contribution >= 4 is 11.8 Å². The summed E-state index contributed by atoms with van der Waals surface area (Å²) in [6.45, 7) is 6.75. The lowest BCUT2D eigenvalue weighted by atomic mass is 10.2. The molecule has 13 heavy (non-hydrogen) atoms. The minimum absolute atomic E-state index is 0.156. The summed E-state index contributed by atoms with van der Waals surface area (Å²) in [4.78, 5) is 22.0. The van der Waals surface area contributed by atoms with E-state index >= 15 is 0 Å². The van der Waals surface area contributed by atoms with Crippen molar-refractivity contribution in [3.63, 3.8) is 0 Å². The number of carbonyl (C=O) groups is 2. The molecule has 0 amide bonds. The number of rotatable bonds is 6. The minimum Gasteiger partial charge on any atom is -0.464 e. The molecule has 0 aromatic heterocycles. The zero-order valence-corrected chi connectivity index (χ0v) is 7.91. The van der Waals surface area contributed by atoms with Crippen LogP contribution in [0.2, 0.25) is 0 Å². The van der Waals surface area contributed by atoms with Gasteiger partial charge in [-0.05, 0) is 13.8 Å². The average Bonchev–Trinajstić information content (AvgIpc) is 2.05. The molecule has 1 atom stereocenters. The molecule has 0 aromatic rings. The van der Waals surface area contributed by atoms with Gasteiger partial charge >= 0.3 is 5.97 Å². The van der Waals surface area contributed by atoms with Crippen molar-refractivity contribution < 1.29 is 19.1 Å². The summed E-state index contributed by atoms with van der Waals surface area (Å²) in [6, 6.07) is 0. The van der Waals surface area contributed by atoms with Crippen LogP contribution in [-0.2, 0) is 19.1 Å². The molecule has 4 heteroatoms. The van der Waals surface area contributed by atoms with Crippen LogP contribution in [0.5, 0.6) is 0 Å². The van der Waals surface area contributed by atoms with Crippen LogP contribution in [0.15, 0.2) is 12.7 Å². The Balaban J connectivity index is 4.15. The minimum atomic E-state index is -1.11. The Labute approximate surface area is 77.5 Å². The van der Waals surface area contributed by atoms with Gasteiger partial charge in [-0.2, -0.15) is 0 Å². The maximum atomic E-state index is 11.1. The highest BCUT2D eigenvalue weighted by atomic mass is 16.6. The molecule has 0 saturated carbocycles. The van der Waals surface area contributed by atoms with Crippen LogP contribution >= 0.6 is 0 Å². The zero-order valence-electron chi connectivity index (χ0n) is 7.91. The highest BCUT2D eigenvalue weighted by Gasteiger charge is 2.24. The molecule has 0 rings (SSSR count).